The molecular formula is C26H29F2NO5S2. The van der Waals surface area contributed by atoms with Crippen molar-refractivity contribution in [2.24, 2.45) is 28.6 Å². The highest BCUT2D eigenvalue weighted by molar-refractivity contribution is 7.96. The van der Waals surface area contributed by atoms with Crippen LogP contribution in [-0.4, -0.2) is 50.5 Å². The molecule has 0 radical (unpaired) electrons. The number of thiazole rings is 1. The number of hydrogen-bond donors (Lipinski definition) is 2. The van der Waals surface area contributed by atoms with Gasteiger partial charge in [-0.2, -0.15) is 0 Å². The van der Waals surface area contributed by atoms with E-state index in [4.69, 9.17) is 4.74 Å². The topological polar surface area (TPSA) is 93.6 Å². The molecular weight excluding hydrogens is 508 g/mol. The fourth-order valence-corrected chi connectivity index (χ4v) is 9.00. The van der Waals surface area contributed by atoms with Crippen LogP contribution in [-0.2, 0) is 14.3 Å². The van der Waals surface area contributed by atoms with Crippen LogP contribution in [0.4, 0.5) is 8.78 Å². The van der Waals surface area contributed by atoms with Crippen LogP contribution < -0.4 is 0 Å². The van der Waals surface area contributed by atoms with Crippen molar-refractivity contribution in [3.05, 3.63) is 39.9 Å². The molecule has 1 heterocycles. The molecule has 0 spiro atoms. The number of rotatable bonds is 3. The Morgan fingerprint density at radius 2 is 1.97 bits per heavy atom. The molecule has 4 aliphatic carbocycles. The smallest absolute Gasteiger partial charge is 0.358 e. The second-order valence-electron chi connectivity index (χ2n) is 11.2. The molecule has 5 unspecified atom stereocenters. The number of alkyl halides is 2. The molecule has 0 bridgehead atoms. The van der Waals surface area contributed by atoms with E-state index >= 15 is 8.78 Å². The van der Waals surface area contributed by atoms with Crippen molar-refractivity contribution in [3.63, 3.8) is 0 Å². The molecule has 36 heavy (non-hydrogen) atoms. The molecule has 4 aliphatic rings. The van der Waals surface area contributed by atoms with E-state index in [1.165, 1.54) is 35.8 Å². The minimum absolute atomic E-state index is 0.0318. The Balaban J connectivity index is 1.61. The number of aryl methyl sites for hydroxylation is 1. The van der Waals surface area contributed by atoms with Crippen molar-refractivity contribution < 1.29 is 33.0 Å². The van der Waals surface area contributed by atoms with Crippen LogP contribution in [0.25, 0.3) is 0 Å². The number of carbonyl (C=O) groups excluding carboxylic acids is 3. The average molecular weight is 538 g/mol. The minimum Gasteiger partial charge on any atom is -0.444 e. The average Bonchev–Trinajstić information content (AvgIpc) is 3.32. The van der Waals surface area contributed by atoms with Crippen molar-refractivity contribution >= 4 is 40.8 Å². The summed E-state index contributed by atoms with van der Waals surface area (Å²) in [5, 5.41) is 13.0. The van der Waals surface area contributed by atoms with Crippen LogP contribution in [0.3, 0.4) is 0 Å². The van der Waals surface area contributed by atoms with E-state index in [0.29, 0.717) is 5.01 Å². The summed E-state index contributed by atoms with van der Waals surface area (Å²) in [7, 11) is 0. The lowest BCUT2D eigenvalue weighted by Gasteiger charge is -2.63. The summed E-state index contributed by atoms with van der Waals surface area (Å²) in [6, 6.07) is 0. The molecule has 3 fully saturated rings. The number of aliphatic hydroxyl groups excluding tert-OH is 1. The number of aliphatic hydroxyl groups is 1. The van der Waals surface area contributed by atoms with Crippen LogP contribution in [0.5, 0.6) is 0 Å². The number of allylic oxidation sites excluding steroid dienone is 4. The third-order valence-electron chi connectivity index (χ3n) is 9.57. The lowest BCUT2D eigenvalue weighted by Crippen LogP contribution is -2.70. The molecule has 194 valence electrons. The van der Waals surface area contributed by atoms with E-state index < -0.39 is 69.0 Å². The maximum atomic E-state index is 17.3. The van der Waals surface area contributed by atoms with E-state index in [1.54, 1.807) is 20.8 Å². The number of ether oxygens (including phenoxy) is 1. The Morgan fingerprint density at radius 3 is 2.58 bits per heavy atom. The summed E-state index contributed by atoms with van der Waals surface area (Å²) in [4.78, 5) is 42.5. The Kier molecular flexibility index (Phi) is 5.75. The van der Waals surface area contributed by atoms with Gasteiger partial charge in [0.05, 0.1) is 11.1 Å². The second kappa shape index (κ2) is 8.04. The minimum atomic E-state index is -2.28. The van der Waals surface area contributed by atoms with Crippen molar-refractivity contribution in [1.29, 1.82) is 0 Å². The molecule has 1 aromatic heterocycles. The summed E-state index contributed by atoms with van der Waals surface area (Å²) in [5.41, 5.74) is -6.70. The third kappa shape index (κ3) is 3.04. The second-order valence-corrected chi connectivity index (χ2v) is 12.6. The quantitative estimate of drug-likeness (QED) is 0.440. The molecule has 6 nitrogen and oxygen atoms in total. The number of aromatic nitrogens is 1. The molecule has 10 heteroatoms. The predicted octanol–water partition coefficient (Wildman–Crippen LogP) is 4.37. The van der Waals surface area contributed by atoms with Crippen molar-refractivity contribution in [2.45, 2.75) is 70.5 Å². The highest BCUT2D eigenvalue weighted by Gasteiger charge is 2.78. The molecule has 0 amide bonds. The van der Waals surface area contributed by atoms with Gasteiger partial charge in [-0.15, -0.1) is 24.0 Å². The van der Waals surface area contributed by atoms with Gasteiger partial charge in [0.2, 0.25) is 5.12 Å². The van der Waals surface area contributed by atoms with Gasteiger partial charge in [0.15, 0.2) is 22.7 Å². The number of hydrogen-bond acceptors (Lipinski definition) is 7. The van der Waals surface area contributed by atoms with E-state index in [1.807, 2.05) is 0 Å². The maximum absolute atomic E-state index is 17.3. The first-order valence-electron chi connectivity index (χ1n) is 12.1. The lowest BCUT2D eigenvalue weighted by molar-refractivity contribution is -0.221. The van der Waals surface area contributed by atoms with E-state index in [2.05, 4.69) is 17.6 Å². The summed E-state index contributed by atoms with van der Waals surface area (Å²) in [6.07, 6.45) is 0.348. The molecule has 1 N–H and O–H groups in total. The number of halogens is 2. The zero-order chi connectivity index (χ0) is 26.4. The van der Waals surface area contributed by atoms with Crippen LogP contribution >= 0.6 is 24.0 Å². The molecule has 0 saturated heterocycles. The van der Waals surface area contributed by atoms with Crippen molar-refractivity contribution in [1.82, 2.24) is 4.98 Å². The van der Waals surface area contributed by atoms with Crippen LogP contribution in [0.2, 0.25) is 0 Å². The molecule has 9 atom stereocenters. The largest absolute Gasteiger partial charge is 0.444 e. The van der Waals surface area contributed by atoms with E-state index in [9.17, 15) is 19.5 Å². The number of nitrogens with zero attached hydrogens (tertiary/aromatic N) is 1. The SMILES string of the molecule is Cc1nc(C(=O)OC2(C(=O)S)C(C)C[C@H]3[C@@H]4CC(F)C5=CC(=O)C=C[C@]5(C)C4(F)C(O)C[C@@]32C)cs1. The molecule has 1 aromatic rings. The van der Waals surface area contributed by atoms with Gasteiger partial charge < -0.3 is 9.84 Å². The van der Waals surface area contributed by atoms with E-state index in [0.717, 1.165) is 6.08 Å². The van der Waals surface area contributed by atoms with Gasteiger partial charge in [-0.3, -0.25) is 9.59 Å². The molecule has 0 aliphatic heterocycles. The van der Waals surface area contributed by atoms with Crippen molar-refractivity contribution in [2.75, 3.05) is 0 Å². The standard InChI is InChI=1S/C26H29F2NO5S2/c1-12-7-15-16-9-18(27)17-8-14(30)5-6-23(17,3)25(16,28)20(31)10-24(15,4)26(12,22(33)35)34-21(32)19-11-36-13(2)29-19/h5-6,8,11-12,15-16,18,20,31H,7,9-10H2,1-4H3,(H,33,35)/t12?,15-,16-,18?,20?,23-,24-,25?,26?/m0/s1. The maximum Gasteiger partial charge on any atom is 0.358 e. The monoisotopic (exact) mass is 537 g/mol. The van der Waals surface area contributed by atoms with Gasteiger partial charge in [0, 0.05) is 28.0 Å². The Morgan fingerprint density at radius 1 is 1.28 bits per heavy atom. The molecule has 5 rings (SSSR count). The number of esters is 1. The molecule has 0 aromatic carbocycles. The Labute approximate surface area is 217 Å². The van der Waals surface area contributed by atoms with Gasteiger partial charge in [0.25, 0.3) is 0 Å². The lowest BCUT2D eigenvalue weighted by atomic mass is 9.44. The van der Waals surface area contributed by atoms with Crippen LogP contribution in [0.1, 0.15) is 55.5 Å². The van der Waals surface area contributed by atoms with Crippen molar-refractivity contribution in [3.8, 4) is 0 Å². The zero-order valence-corrected chi connectivity index (χ0v) is 22.2. The predicted molar refractivity (Wildman–Crippen MR) is 132 cm³/mol. The normalized spacial score (nSPS) is 45.4. The summed E-state index contributed by atoms with van der Waals surface area (Å²) >= 11 is 5.41. The van der Waals surface area contributed by atoms with Gasteiger partial charge in [0.1, 0.15) is 6.17 Å². The van der Waals surface area contributed by atoms with Gasteiger partial charge in [-0.25, -0.2) is 18.6 Å². The fourth-order valence-electron chi connectivity index (χ4n) is 7.90. The van der Waals surface area contributed by atoms with Gasteiger partial charge in [-0.05, 0) is 56.8 Å². The number of fused-ring (bicyclic) bond motifs is 5. The van der Waals surface area contributed by atoms with E-state index in [-0.39, 0.29) is 30.5 Å². The zero-order valence-electron chi connectivity index (χ0n) is 20.5. The summed E-state index contributed by atoms with van der Waals surface area (Å²) in [6.45, 7) is 6.71. The van der Waals surface area contributed by atoms with Crippen LogP contribution in [0.15, 0.2) is 29.2 Å². The first-order chi connectivity index (χ1) is 16.7. The van der Waals surface area contributed by atoms with Crippen LogP contribution in [0, 0.1) is 35.5 Å². The molecule has 3 saturated carbocycles. The summed E-state index contributed by atoms with van der Waals surface area (Å²) < 4.78 is 38.9. The highest BCUT2D eigenvalue weighted by Crippen LogP contribution is 2.71. The first kappa shape index (κ1) is 25.7. The fraction of sp³-hybridized carbons (Fsp3) is 0.615. The van der Waals surface area contributed by atoms with Gasteiger partial charge in [-0.1, -0.05) is 19.9 Å². The number of thiol groups is 1. The van der Waals surface area contributed by atoms with Gasteiger partial charge >= 0.3 is 5.97 Å². The summed E-state index contributed by atoms with van der Waals surface area (Å²) in [5.74, 6) is -3.36. The first-order valence-corrected chi connectivity index (χ1v) is 13.4. The highest BCUT2D eigenvalue weighted by atomic mass is 32.1. The number of ketones is 1. The third-order valence-corrected chi connectivity index (χ3v) is 10.7. The Hall–Kier alpha value is -1.91. The number of carbonyl (C=O) groups is 3. The Bertz CT molecular complexity index is 1230.